The Labute approximate surface area is 142 Å². The third kappa shape index (κ3) is 3.10. The molecule has 2 aliphatic rings. The molecule has 0 amide bonds. The van der Waals surface area contributed by atoms with E-state index in [1.807, 2.05) is 6.07 Å². The molecule has 0 radical (unpaired) electrons. The van der Waals surface area contributed by atoms with Gasteiger partial charge in [0.15, 0.2) is 0 Å². The number of nitrogens with zero attached hydrogens (tertiary/aromatic N) is 1. The fourth-order valence-electron chi connectivity index (χ4n) is 4.18. The number of halogens is 2. The summed E-state index contributed by atoms with van der Waals surface area (Å²) >= 11 is 14.4. The van der Waals surface area contributed by atoms with E-state index >= 15 is 0 Å². The molecule has 3 rings (SSSR count). The summed E-state index contributed by atoms with van der Waals surface area (Å²) in [6, 6.07) is 7.74. The Morgan fingerprint density at radius 3 is 2.76 bits per heavy atom. The molecule has 0 spiro atoms. The second-order valence-corrected chi connectivity index (χ2v) is 8.44. The van der Waals surface area contributed by atoms with Crippen molar-refractivity contribution in [1.29, 1.82) is 0 Å². The van der Waals surface area contributed by atoms with E-state index in [1.54, 1.807) is 0 Å². The van der Waals surface area contributed by atoms with Crippen LogP contribution in [-0.4, -0.2) is 35.5 Å². The highest BCUT2D eigenvalue weighted by Gasteiger charge is 2.45. The van der Waals surface area contributed by atoms with Crippen LogP contribution in [0.15, 0.2) is 18.2 Å². The standard InChI is InChI=1S/C17H23Cl2NS/c1-3-21-10-14-13(9-12-5-7-17(14)20(12)2)11-4-6-15(18)16(19)8-11/h4,6,8,12-14,17H,3,5,7,9-10H2,1-2H3/t12-,13+,14+,17+/m0/s1. The summed E-state index contributed by atoms with van der Waals surface area (Å²) < 4.78 is 0. The molecule has 1 aromatic rings. The molecule has 21 heavy (non-hydrogen) atoms. The predicted octanol–water partition coefficient (Wildman–Crippen LogP) is 5.31. The van der Waals surface area contributed by atoms with Crippen molar-refractivity contribution >= 4 is 35.0 Å². The van der Waals surface area contributed by atoms with Gasteiger partial charge in [-0.1, -0.05) is 36.2 Å². The number of piperidine rings is 1. The molecule has 1 nitrogen and oxygen atoms in total. The third-order valence-electron chi connectivity index (χ3n) is 5.32. The van der Waals surface area contributed by atoms with E-state index in [-0.39, 0.29) is 0 Å². The van der Waals surface area contributed by atoms with Crippen molar-refractivity contribution in [3.05, 3.63) is 33.8 Å². The summed E-state index contributed by atoms with van der Waals surface area (Å²) in [4.78, 5) is 2.63. The maximum Gasteiger partial charge on any atom is 0.0595 e. The summed E-state index contributed by atoms with van der Waals surface area (Å²) in [6.45, 7) is 2.25. The van der Waals surface area contributed by atoms with Gasteiger partial charge in [-0.15, -0.1) is 0 Å². The van der Waals surface area contributed by atoms with Crippen molar-refractivity contribution in [3.8, 4) is 0 Å². The smallest absolute Gasteiger partial charge is 0.0595 e. The Kier molecular flexibility index (Phi) is 5.10. The van der Waals surface area contributed by atoms with E-state index in [1.165, 1.54) is 36.3 Å². The molecule has 0 N–H and O–H groups in total. The predicted molar refractivity (Wildman–Crippen MR) is 94.9 cm³/mol. The zero-order chi connectivity index (χ0) is 15.0. The molecule has 2 fully saturated rings. The highest BCUT2D eigenvalue weighted by molar-refractivity contribution is 7.99. The number of hydrogen-bond donors (Lipinski definition) is 0. The van der Waals surface area contributed by atoms with E-state index in [2.05, 4.69) is 42.8 Å². The van der Waals surface area contributed by atoms with Crippen LogP contribution in [0.4, 0.5) is 0 Å². The van der Waals surface area contributed by atoms with Gasteiger partial charge in [0.1, 0.15) is 0 Å². The Bertz CT molecular complexity index is 508. The molecular weight excluding hydrogens is 321 g/mol. The van der Waals surface area contributed by atoms with Gasteiger partial charge >= 0.3 is 0 Å². The van der Waals surface area contributed by atoms with E-state index in [0.717, 1.165) is 18.0 Å². The minimum Gasteiger partial charge on any atom is -0.300 e. The van der Waals surface area contributed by atoms with Gasteiger partial charge in [-0.2, -0.15) is 11.8 Å². The highest BCUT2D eigenvalue weighted by atomic mass is 35.5. The minimum absolute atomic E-state index is 0.632. The molecule has 116 valence electrons. The van der Waals surface area contributed by atoms with Gasteiger partial charge in [-0.3, -0.25) is 0 Å². The number of thioether (sulfide) groups is 1. The summed E-state index contributed by atoms with van der Waals surface area (Å²) in [6.07, 6.45) is 3.97. The Morgan fingerprint density at radius 2 is 2.05 bits per heavy atom. The van der Waals surface area contributed by atoms with E-state index in [0.29, 0.717) is 16.0 Å². The van der Waals surface area contributed by atoms with Gasteiger partial charge < -0.3 is 4.90 Å². The Balaban J connectivity index is 1.88. The van der Waals surface area contributed by atoms with Crippen molar-refractivity contribution in [3.63, 3.8) is 0 Å². The van der Waals surface area contributed by atoms with Crippen molar-refractivity contribution < 1.29 is 0 Å². The first kappa shape index (κ1) is 16.0. The molecule has 4 atom stereocenters. The highest BCUT2D eigenvalue weighted by Crippen LogP contribution is 2.47. The molecule has 2 bridgehead atoms. The van der Waals surface area contributed by atoms with Gasteiger partial charge in [0.2, 0.25) is 0 Å². The molecule has 0 unspecified atom stereocenters. The molecule has 2 saturated heterocycles. The van der Waals surface area contributed by atoms with Gasteiger partial charge in [-0.05, 0) is 67.3 Å². The number of fused-ring (bicyclic) bond motifs is 2. The molecule has 0 aliphatic carbocycles. The van der Waals surface area contributed by atoms with E-state index < -0.39 is 0 Å². The van der Waals surface area contributed by atoms with Crippen LogP contribution in [0.2, 0.25) is 10.0 Å². The largest absolute Gasteiger partial charge is 0.300 e. The molecule has 4 heteroatoms. The lowest BCUT2D eigenvalue weighted by atomic mass is 9.77. The lowest BCUT2D eigenvalue weighted by molar-refractivity contribution is 0.112. The normalized spacial score (nSPS) is 32.6. The van der Waals surface area contributed by atoms with Gasteiger partial charge in [-0.25, -0.2) is 0 Å². The number of benzene rings is 1. The van der Waals surface area contributed by atoms with Crippen LogP contribution in [0.3, 0.4) is 0 Å². The van der Waals surface area contributed by atoms with Gasteiger partial charge in [0.25, 0.3) is 0 Å². The zero-order valence-corrected chi connectivity index (χ0v) is 15.0. The second kappa shape index (κ2) is 6.70. The maximum atomic E-state index is 6.25. The molecule has 1 aromatic carbocycles. The molecule has 2 aliphatic heterocycles. The molecule has 0 aromatic heterocycles. The number of hydrogen-bond acceptors (Lipinski definition) is 2. The fourth-order valence-corrected chi connectivity index (χ4v) is 5.45. The molecular formula is C17H23Cl2NS. The topological polar surface area (TPSA) is 3.24 Å². The summed E-state index contributed by atoms with van der Waals surface area (Å²) in [5.74, 6) is 3.82. The van der Waals surface area contributed by atoms with Crippen molar-refractivity contribution in [1.82, 2.24) is 4.90 Å². The van der Waals surface area contributed by atoms with Crippen LogP contribution in [0.5, 0.6) is 0 Å². The van der Waals surface area contributed by atoms with Gasteiger partial charge in [0, 0.05) is 12.1 Å². The lowest BCUT2D eigenvalue weighted by Crippen LogP contribution is -2.46. The first-order chi connectivity index (χ1) is 10.1. The van der Waals surface area contributed by atoms with Crippen LogP contribution in [0, 0.1) is 5.92 Å². The van der Waals surface area contributed by atoms with E-state index in [4.69, 9.17) is 23.2 Å². The fraction of sp³-hybridized carbons (Fsp3) is 0.647. The summed E-state index contributed by atoms with van der Waals surface area (Å²) in [5.41, 5.74) is 1.39. The maximum absolute atomic E-state index is 6.25. The minimum atomic E-state index is 0.632. The lowest BCUT2D eigenvalue weighted by Gasteiger charge is -2.43. The van der Waals surface area contributed by atoms with Crippen LogP contribution in [0.1, 0.15) is 37.7 Å². The van der Waals surface area contributed by atoms with Crippen LogP contribution < -0.4 is 0 Å². The summed E-state index contributed by atoms with van der Waals surface area (Å²) in [5, 5.41) is 1.36. The zero-order valence-electron chi connectivity index (χ0n) is 12.7. The van der Waals surface area contributed by atoms with Crippen LogP contribution >= 0.6 is 35.0 Å². The Hall–Kier alpha value is 0.110. The van der Waals surface area contributed by atoms with Gasteiger partial charge in [0.05, 0.1) is 10.0 Å². The average molecular weight is 344 g/mol. The Morgan fingerprint density at radius 1 is 1.24 bits per heavy atom. The average Bonchev–Trinajstić information content (AvgIpc) is 2.72. The van der Waals surface area contributed by atoms with Crippen molar-refractivity contribution in [2.45, 2.75) is 44.2 Å². The van der Waals surface area contributed by atoms with E-state index in [9.17, 15) is 0 Å². The molecule has 0 saturated carbocycles. The quantitative estimate of drug-likeness (QED) is 0.728. The monoisotopic (exact) mass is 343 g/mol. The van der Waals surface area contributed by atoms with Crippen LogP contribution in [-0.2, 0) is 0 Å². The van der Waals surface area contributed by atoms with Crippen LogP contribution in [0.25, 0.3) is 0 Å². The number of rotatable bonds is 4. The summed E-state index contributed by atoms with van der Waals surface area (Å²) in [7, 11) is 2.32. The first-order valence-electron chi connectivity index (χ1n) is 7.86. The molecule has 2 heterocycles. The first-order valence-corrected chi connectivity index (χ1v) is 9.77. The van der Waals surface area contributed by atoms with Crippen molar-refractivity contribution in [2.75, 3.05) is 18.6 Å². The SMILES string of the molecule is CCSC[C@@H]1[C@@H](c2ccc(Cl)c(Cl)c2)C[C@@H]2CC[C@H]1N2C. The third-order valence-corrected chi connectivity index (χ3v) is 7.09. The second-order valence-electron chi connectivity index (χ2n) is 6.30. The van der Waals surface area contributed by atoms with Crippen molar-refractivity contribution in [2.24, 2.45) is 5.92 Å².